The third kappa shape index (κ3) is 4.13. The van der Waals surface area contributed by atoms with Crippen LogP contribution in [0, 0.1) is 5.92 Å². The number of hydrogen-bond acceptors (Lipinski definition) is 3. The molecule has 0 saturated heterocycles. The zero-order chi connectivity index (χ0) is 16.2. The highest BCUT2D eigenvalue weighted by atomic mass is 16.3. The Balaban J connectivity index is 1.50. The number of likely N-dealkylation sites (N-methyl/N-ethyl adjacent to an activating group) is 1. The number of amides is 2. The number of hydrogen-bond donors (Lipinski definition) is 2. The molecule has 1 heterocycles. The van der Waals surface area contributed by atoms with Gasteiger partial charge in [0.15, 0.2) is 0 Å². The van der Waals surface area contributed by atoms with Crippen LogP contribution in [0.3, 0.4) is 0 Å². The predicted molar refractivity (Wildman–Crippen MR) is 87.7 cm³/mol. The van der Waals surface area contributed by atoms with Gasteiger partial charge in [-0.25, -0.2) is 4.79 Å². The van der Waals surface area contributed by atoms with Crippen LogP contribution < -0.4 is 5.32 Å². The van der Waals surface area contributed by atoms with E-state index in [1.54, 1.807) is 7.05 Å². The molecule has 2 amide bonds. The minimum Gasteiger partial charge on any atom is -0.459 e. The molecule has 5 heteroatoms. The van der Waals surface area contributed by atoms with E-state index in [0.717, 1.165) is 24.2 Å². The average Bonchev–Trinajstić information content (AvgIpc) is 3.32. The molecule has 1 aliphatic rings. The van der Waals surface area contributed by atoms with Crippen LogP contribution in [0.15, 0.2) is 46.9 Å². The van der Waals surface area contributed by atoms with E-state index < -0.39 is 6.10 Å². The van der Waals surface area contributed by atoms with Crippen LogP contribution in [-0.4, -0.2) is 35.7 Å². The second-order valence-electron chi connectivity index (χ2n) is 6.08. The van der Waals surface area contributed by atoms with Gasteiger partial charge in [0.1, 0.15) is 11.5 Å². The van der Waals surface area contributed by atoms with Gasteiger partial charge in [0.2, 0.25) is 0 Å². The lowest BCUT2D eigenvalue weighted by Gasteiger charge is -2.20. The first kappa shape index (κ1) is 15.6. The van der Waals surface area contributed by atoms with Crippen LogP contribution in [-0.2, 0) is 6.54 Å². The van der Waals surface area contributed by atoms with Gasteiger partial charge in [0, 0.05) is 19.2 Å². The number of carbonyl (C=O) groups is 1. The molecule has 0 spiro atoms. The second kappa shape index (κ2) is 6.87. The van der Waals surface area contributed by atoms with Crippen molar-refractivity contribution in [3.63, 3.8) is 0 Å². The number of benzene rings is 1. The molecule has 1 saturated carbocycles. The number of nitrogens with zero attached hydrogens (tertiary/aromatic N) is 1. The lowest BCUT2D eigenvalue weighted by Crippen LogP contribution is -2.41. The number of aliphatic hydroxyl groups excluding tert-OH is 1. The molecule has 2 N–H and O–H groups in total. The largest absolute Gasteiger partial charge is 0.459 e. The fourth-order valence-electron chi connectivity index (χ4n) is 2.52. The molecule has 1 fully saturated rings. The Morgan fingerprint density at radius 2 is 2.04 bits per heavy atom. The maximum Gasteiger partial charge on any atom is 0.317 e. The van der Waals surface area contributed by atoms with Gasteiger partial charge in [0.05, 0.1) is 12.6 Å². The van der Waals surface area contributed by atoms with Gasteiger partial charge in [-0.2, -0.15) is 0 Å². The Hall–Kier alpha value is -2.27. The van der Waals surface area contributed by atoms with Gasteiger partial charge >= 0.3 is 6.03 Å². The Kier molecular flexibility index (Phi) is 4.67. The predicted octanol–water partition coefficient (Wildman–Crippen LogP) is 2.86. The van der Waals surface area contributed by atoms with Crippen molar-refractivity contribution in [3.05, 3.63) is 48.2 Å². The highest BCUT2D eigenvalue weighted by Crippen LogP contribution is 2.32. The number of rotatable bonds is 6. The molecule has 0 aliphatic heterocycles. The average molecular weight is 314 g/mol. The summed E-state index contributed by atoms with van der Waals surface area (Å²) in [5.74, 6) is 1.85. The molecular weight excluding hydrogens is 292 g/mol. The topological polar surface area (TPSA) is 65.7 Å². The molecule has 5 nitrogen and oxygen atoms in total. The monoisotopic (exact) mass is 314 g/mol. The van der Waals surface area contributed by atoms with Gasteiger partial charge in [-0.05, 0) is 30.9 Å². The van der Waals surface area contributed by atoms with E-state index in [9.17, 15) is 9.90 Å². The lowest BCUT2D eigenvalue weighted by atomic mass is 10.2. The van der Waals surface area contributed by atoms with Crippen molar-refractivity contribution >= 4 is 6.03 Å². The van der Waals surface area contributed by atoms with E-state index in [4.69, 9.17) is 4.42 Å². The fraction of sp³-hybridized carbons (Fsp3) is 0.389. The fourth-order valence-corrected chi connectivity index (χ4v) is 2.52. The molecule has 0 bridgehead atoms. The zero-order valence-electron chi connectivity index (χ0n) is 13.2. The Morgan fingerprint density at radius 1 is 1.30 bits per heavy atom. The molecule has 122 valence electrons. The van der Waals surface area contributed by atoms with E-state index in [1.807, 2.05) is 42.5 Å². The summed E-state index contributed by atoms with van der Waals surface area (Å²) in [5, 5.41) is 12.7. The molecule has 1 aromatic carbocycles. The summed E-state index contributed by atoms with van der Waals surface area (Å²) in [6.07, 6.45) is 1.70. The molecule has 0 radical (unpaired) electrons. The summed E-state index contributed by atoms with van der Waals surface area (Å²) in [7, 11) is 1.69. The van der Waals surface area contributed by atoms with Crippen molar-refractivity contribution in [2.24, 2.45) is 5.92 Å². The molecule has 1 atom stereocenters. The number of carbonyl (C=O) groups excluding carboxylic acids is 1. The van der Waals surface area contributed by atoms with Crippen molar-refractivity contribution in [1.29, 1.82) is 0 Å². The van der Waals surface area contributed by atoms with Crippen molar-refractivity contribution in [2.45, 2.75) is 25.5 Å². The summed E-state index contributed by atoms with van der Waals surface area (Å²) >= 11 is 0. The Morgan fingerprint density at radius 3 is 2.74 bits per heavy atom. The summed E-state index contributed by atoms with van der Waals surface area (Å²) in [6, 6.07) is 13.4. The van der Waals surface area contributed by atoms with Crippen LogP contribution in [0.4, 0.5) is 4.79 Å². The third-order valence-electron chi connectivity index (χ3n) is 4.11. The van der Waals surface area contributed by atoms with Crippen LogP contribution in [0.5, 0.6) is 0 Å². The summed E-state index contributed by atoms with van der Waals surface area (Å²) < 4.78 is 5.75. The van der Waals surface area contributed by atoms with E-state index in [2.05, 4.69) is 5.32 Å². The molecule has 0 unspecified atom stereocenters. The number of aliphatic hydroxyl groups is 1. The van der Waals surface area contributed by atoms with Gasteiger partial charge in [0.25, 0.3) is 0 Å². The quantitative estimate of drug-likeness (QED) is 0.861. The first-order valence-corrected chi connectivity index (χ1v) is 7.94. The van der Waals surface area contributed by atoms with Gasteiger partial charge in [-0.1, -0.05) is 30.3 Å². The SMILES string of the molecule is CN(C[C@@H](O)C1CC1)C(=O)NCc1ccc(-c2ccccc2)o1. The molecule has 1 aliphatic carbocycles. The third-order valence-corrected chi connectivity index (χ3v) is 4.11. The van der Waals surface area contributed by atoms with Crippen molar-refractivity contribution in [1.82, 2.24) is 10.2 Å². The molecule has 3 rings (SSSR count). The zero-order valence-corrected chi connectivity index (χ0v) is 13.2. The highest BCUT2D eigenvalue weighted by Gasteiger charge is 2.31. The van der Waals surface area contributed by atoms with E-state index in [0.29, 0.717) is 24.8 Å². The summed E-state index contributed by atoms with van der Waals surface area (Å²) in [4.78, 5) is 13.6. The minimum absolute atomic E-state index is 0.206. The lowest BCUT2D eigenvalue weighted by molar-refractivity contribution is 0.113. The number of furan rings is 1. The van der Waals surface area contributed by atoms with Crippen molar-refractivity contribution in [3.8, 4) is 11.3 Å². The van der Waals surface area contributed by atoms with Crippen LogP contribution >= 0.6 is 0 Å². The Labute approximate surface area is 135 Å². The van der Waals surface area contributed by atoms with Crippen LogP contribution in [0.1, 0.15) is 18.6 Å². The van der Waals surface area contributed by atoms with Crippen molar-refractivity contribution in [2.75, 3.05) is 13.6 Å². The second-order valence-corrected chi connectivity index (χ2v) is 6.08. The van der Waals surface area contributed by atoms with Crippen molar-refractivity contribution < 1.29 is 14.3 Å². The summed E-state index contributed by atoms with van der Waals surface area (Å²) in [5.41, 5.74) is 1.01. The first-order valence-electron chi connectivity index (χ1n) is 7.94. The molecule has 1 aromatic heterocycles. The molecule has 23 heavy (non-hydrogen) atoms. The van der Waals surface area contributed by atoms with Gasteiger partial charge < -0.3 is 19.7 Å². The van der Waals surface area contributed by atoms with Crippen LogP contribution in [0.2, 0.25) is 0 Å². The minimum atomic E-state index is -0.418. The smallest absolute Gasteiger partial charge is 0.317 e. The standard InChI is InChI=1S/C18H22N2O3/c1-20(12-16(21)13-7-8-13)18(22)19-11-15-9-10-17(23-15)14-5-3-2-4-6-14/h2-6,9-10,13,16,21H,7-8,11-12H2,1H3,(H,19,22)/t16-/m1/s1. The Bertz CT molecular complexity index is 649. The van der Waals surface area contributed by atoms with Crippen LogP contribution in [0.25, 0.3) is 11.3 Å². The first-order chi connectivity index (χ1) is 11.1. The maximum absolute atomic E-state index is 12.0. The van der Waals surface area contributed by atoms with E-state index in [-0.39, 0.29) is 6.03 Å². The molecule has 2 aromatic rings. The highest BCUT2D eigenvalue weighted by molar-refractivity contribution is 5.73. The normalized spacial score (nSPS) is 15.2. The number of urea groups is 1. The summed E-state index contributed by atoms with van der Waals surface area (Å²) in [6.45, 7) is 0.694. The van der Waals surface area contributed by atoms with Gasteiger partial charge in [-0.3, -0.25) is 0 Å². The van der Waals surface area contributed by atoms with E-state index in [1.165, 1.54) is 4.90 Å². The number of nitrogens with one attached hydrogen (secondary N) is 1. The van der Waals surface area contributed by atoms with Gasteiger partial charge in [-0.15, -0.1) is 0 Å². The molecular formula is C18H22N2O3. The maximum atomic E-state index is 12.0. The van der Waals surface area contributed by atoms with E-state index >= 15 is 0 Å².